The van der Waals surface area contributed by atoms with E-state index in [4.69, 9.17) is 5.11 Å². The highest BCUT2D eigenvalue weighted by atomic mass is 19.1. The van der Waals surface area contributed by atoms with Gasteiger partial charge in [0.05, 0.1) is 5.41 Å². The molecule has 0 bridgehead atoms. The number of aldehydes is 1. The van der Waals surface area contributed by atoms with E-state index in [0.29, 0.717) is 0 Å². The van der Waals surface area contributed by atoms with Gasteiger partial charge < -0.3 is 9.90 Å². The van der Waals surface area contributed by atoms with Gasteiger partial charge in [-0.05, 0) is 30.5 Å². The molecule has 14 heavy (non-hydrogen) atoms. The zero-order valence-electron chi connectivity index (χ0n) is 8.03. The van der Waals surface area contributed by atoms with Gasteiger partial charge in [0.2, 0.25) is 0 Å². The molecule has 1 N–H and O–H groups in total. The van der Waals surface area contributed by atoms with E-state index in [-0.39, 0.29) is 11.2 Å². The van der Waals surface area contributed by atoms with Gasteiger partial charge in [-0.15, -0.1) is 0 Å². The summed E-state index contributed by atoms with van der Waals surface area (Å²) in [5.74, 6) is -0.263. The summed E-state index contributed by atoms with van der Waals surface area (Å²) in [7, 11) is 1.00. The Bertz CT molecular complexity index is 319. The Morgan fingerprint density at radius 2 is 2.07 bits per heavy atom. The predicted octanol–water partition coefficient (Wildman–Crippen LogP) is 1.66. The molecule has 0 aliphatic heterocycles. The van der Waals surface area contributed by atoms with Crippen LogP contribution >= 0.6 is 0 Å². The van der Waals surface area contributed by atoms with E-state index in [1.165, 1.54) is 12.1 Å². The zero-order valence-corrected chi connectivity index (χ0v) is 8.03. The number of carbonyl (C=O) groups excluding carboxylic acids is 1. The van der Waals surface area contributed by atoms with E-state index in [1.807, 2.05) is 6.07 Å². The second-order valence-corrected chi connectivity index (χ2v) is 3.28. The molecule has 0 radical (unpaired) electrons. The minimum Gasteiger partial charge on any atom is -0.400 e. The highest BCUT2D eigenvalue weighted by molar-refractivity contribution is 5.72. The first kappa shape index (κ1) is 10.9. The maximum absolute atomic E-state index is 12.7. The second-order valence-electron chi connectivity index (χ2n) is 3.28. The lowest BCUT2D eigenvalue weighted by molar-refractivity contribution is -0.109. The molecule has 0 amide bonds. The number of rotatable bonds is 2. The Hall–Kier alpha value is -1.22. The van der Waals surface area contributed by atoms with Crippen LogP contribution in [0.3, 0.4) is 0 Å². The van der Waals surface area contributed by atoms with Crippen molar-refractivity contribution in [2.45, 2.75) is 18.3 Å². The van der Waals surface area contributed by atoms with E-state index in [9.17, 15) is 9.18 Å². The Morgan fingerprint density at radius 1 is 1.43 bits per heavy atom. The molecular formula is C11H13FO2. The molecule has 1 aliphatic carbocycles. The second kappa shape index (κ2) is 4.33. The Morgan fingerprint density at radius 3 is 2.50 bits per heavy atom. The van der Waals surface area contributed by atoms with Crippen molar-refractivity contribution in [3.8, 4) is 0 Å². The fourth-order valence-corrected chi connectivity index (χ4v) is 1.41. The molecule has 1 saturated carbocycles. The molecule has 2 rings (SSSR count). The average Bonchev–Trinajstić information content (AvgIpc) is 3.01. The Labute approximate surface area is 82.4 Å². The number of hydrogen-bond acceptors (Lipinski definition) is 2. The summed E-state index contributed by atoms with van der Waals surface area (Å²) in [6.45, 7) is 0. The third-order valence-corrected chi connectivity index (χ3v) is 2.41. The molecule has 0 spiro atoms. The summed E-state index contributed by atoms with van der Waals surface area (Å²) in [5, 5.41) is 7.00. The molecule has 1 aliphatic rings. The minimum atomic E-state index is -0.345. The average molecular weight is 196 g/mol. The van der Waals surface area contributed by atoms with Gasteiger partial charge in [-0.1, -0.05) is 12.1 Å². The predicted molar refractivity (Wildman–Crippen MR) is 51.5 cm³/mol. The normalized spacial score (nSPS) is 16.5. The molecule has 3 heteroatoms. The monoisotopic (exact) mass is 196 g/mol. The van der Waals surface area contributed by atoms with Crippen molar-refractivity contribution in [2.24, 2.45) is 0 Å². The highest BCUT2D eigenvalue weighted by Gasteiger charge is 2.44. The molecule has 1 fully saturated rings. The molecular weight excluding hydrogens is 183 g/mol. The smallest absolute Gasteiger partial charge is 0.130 e. The van der Waals surface area contributed by atoms with Gasteiger partial charge in [0.15, 0.2) is 0 Å². The van der Waals surface area contributed by atoms with Crippen molar-refractivity contribution in [1.29, 1.82) is 0 Å². The maximum Gasteiger partial charge on any atom is 0.130 e. The van der Waals surface area contributed by atoms with Crippen molar-refractivity contribution < 1.29 is 14.3 Å². The quantitative estimate of drug-likeness (QED) is 0.730. The largest absolute Gasteiger partial charge is 0.400 e. The first-order valence-electron chi connectivity index (χ1n) is 4.44. The third-order valence-electron chi connectivity index (χ3n) is 2.41. The molecule has 76 valence electrons. The summed E-state index contributed by atoms with van der Waals surface area (Å²) in [4.78, 5) is 10.7. The van der Waals surface area contributed by atoms with Gasteiger partial charge >= 0.3 is 0 Å². The third kappa shape index (κ3) is 1.99. The van der Waals surface area contributed by atoms with Crippen LogP contribution in [0.1, 0.15) is 18.4 Å². The fraction of sp³-hybridized carbons (Fsp3) is 0.364. The summed E-state index contributed by atoms with van der Waals surface area (Å²) in [5.41, 5.74) is 0.472. The summed E-state index contributed by atoms with van der Waals surface area (Å²) < 4.78 is 12.7. The van der Waals surface area contributed by atoms with Crippen LogP contribution in [0.5, 0.6) is 0 Å². The van der Waals surface area contributed by atoms with Gasteiger partial charge in [0.25, 0.3) is 0 Å². The molecule has 1 aromatic carbocycles. The number of aliphatic hydroxyl groups excluding tert-OH is 1. The van der Waals surface area contributed by atoms with E-state index in [1.54, 1.807) is 6.07 Å². The van der Waals surface area contributed by atoms with Crippen LogP contribution in [0.25, 0.3) is 0 Å². The standard InChI is InChI=1S/C10H9FO.CH4O/c11-9-3-1-2-8(6-9)10(7-12)4-5-10;1-2/h1-3,6-7H,4-5H2;2H,1H3. The van der Waals surface area contributed by atoms with Gasteiger partial charge in [0, 0.05) is 7.11 Å². The number of carbonyl (C=O) groups is 1. The lowest BCUT2D eigenvalue weighted by atomic mass is 9.98. The first-order chi connectivity index (χ1) is 6.77. The number of halogens is 1. The summed E-state index contributed by atoms with van der Waals surface area (Å²) >= 11 is 0. The van der Waals surface area contributed by atoms with Crippen molar-refractivity contribution in [1.82, 2.24) is 0 Å². The van der Waals surface area contributed by atoms with Crippen LogP contribution in [0.4, 0.5) is 4.39 Å². The van der Waals surface area contributed by atoms with Crippen molar-refractivity contribution >= 4 is 6.29 Å². The van der Waals surface area contributed by atoms with Gasteiger partial charge in [0.1, 0.15) is 12.1 Å². The minimum absolute atomic E-state index is 0.263. The summed E-state index contributed by atoms with van der Waals surface area (Å²) in [6, 6.07) is 6.30. The molecule has 0 atom stereocenters. The van der Waals surface area contributed by atoms with Crippen molar-refractivity contribution in [3.05, 3.63) is 35.6 Å². The number of aliphatic hydroxyl groups is 1. The lowest BCUT2D eigenvalue weighted by Gasteiger charge is -2.05. The SMILES string of the molecule is CO.O=CC1(c2cccc(F)c2)CC1. The van der Waals surface area contributed by atoms with Gasteiger partial charge in [-0.25, -0.2) is 4.39 Å². The van der Waals surface area contributed by atoms with E-state index in [2.05, 4.69) is 0 Å². The summed E-state index contributed by atoms with van der Waals surface area (Å²) in [6.07, 6.45) is 2.65. The number of hydrogen-bond donors (Lipinski definition) is 1. The zero-order chi connectivity index (χ0) is 10.6. The molecule has 0 unspecified atom stereocenters. The van der Waals surface area contributed by atoms with Gasteiger partial charge in [-0.2, -0.15) is 0 Å². The van der Waals surface area contributed by atoms with E-state index >= 15 is 0 Å². The molecule has 1 aromatic rings. The molecule has 0 saturated heterocycles. The van der Waals surface area contributed by atoms with Crippen LogP contribution < -0.4 is 0 Å². The van der Waals surface area contributed by atoms with Crippen LogP contribution in [0.15, 0.2) is 24.3 Å². The van der Waals surface area contributed by atoms with Crippen LogP contribution in [0, 0.1) is 5.82 Å². The topological polar surface area (TPSA) is 37.3 Å². The lowest BCUT2D eigenvalue weighted by Crippen LogP contribution is -2.07. The molecule has 2 nitrogen and oxygen atoms in total. The van der Waals surface area contributed by atoms with Crippen LogP contribution in [-0.2, 0) is 10.2 Å². The Kier molecular flexibility index (Phi) is 3.36. The van der Waals surface area contributed by atoms with Crippen LogP contribution in [0.2, 0.25) is 0 Å². The molecule has 0 heterocycles. The Balaban J connectivity index is 0.000000461. The highest BCUT2D eigenvalue weighted by Crippen LogP contribution is 2.46. The van der Waals surface area contributed by atoms with E-state index < -0.39 is 0 Å². The van der Waals surface area contributed by atoms with Crippen LogP contribution in [-0.4, -0.2) is 18.5 Å². The first-order valence-corrected chi connectivity index (χ1v) is 4.44. The van der Waals surface area contributed by atoms with Crippen molar-refractivity contribution in [2.75, 3.05) is 7.11 Å². The number of benzene rings is 1. The fourth-order valence-electron chi connectivity index (χ4n) is 1.41. The van der Waals surface area contributed by atoms with E-state index in [0.717, 1.165) is 31.8 Å². The molecule has 0 aromatic heterocycles. The maximum atomic E-state index is 12.7. The van der Waals surface area contributed by atoms with Crippen molar-refractivity contribution in [3.63, 3.8) is 0 Å². The van der Waals surface area contributed by atoms with Gasteiger partial charge in [-0.3, -0.25) is 0 Å².